The number of nitro benzene ring substituents is 1. The number of hydrogen-bond donors (Lipinski definition) is 2. The zero-order valence-electron chi connectivity index (χ0n) is 30.3. The van der Waals surface area contributed by atoms with E-state index in [0.29, 0.717) is 31.6 Å². The molecule has 7 rings (SSSR count). The molecule has 276 valence electrons. The van der Waals surface area contributed by atoms with E-state index in [1.165, 1.54) is 41.7 Å². The van der Waals surface area contributed by atoms with Gasteiger partial charge in [0.2, 0.25) is 0 Å². The predicted molar refractivity (Wildman–Crippen MR) is 203 cm³/mol. The van der Waals surface area contributed by atoms with Crippen molar-refractivity contribution in [2.45, 2.75) is 57.9 Å². The number of nitro groups is 1. The van der Waals surface area contributed by atoms with Crippen molar-refractivity contribution in [2.75, 3.05) is 56.2 Å². The highest BCUT2D eigenvalue weighted by Crippen LogP contribution is 2.67. The zero-order valence-corrected chi connectivity index (χ0v) is 31.1. The molecule has 3 aromatic rings. The van der Waals surface area contributed by atoms with E-state index < -0.39 is 20.9 Å². The summed E-state index contributed by atoms with van der Waals surface area (Å²) in [5.41, 5.74) is 5.78. The average Bonchev–Trinajstić information content (AvgIpc) is 3.49. The van der Waals surface area contributed by atoms with Crippen molar-refractivity contribution in [3.63, 3.8) is 0 Å². The molecule has 2 heterocycles. The number of sulfonamides is 1. The van der Waals surface area contributed by atoms with Gasteiger partial charge in [-0.15, -0.1) is 0 Å². The lowest BCUT2D eigenvalue weighted by atomic mass is 9.66. The first kappa shape index (κ1) is 36.1. The maximum absolute atomic E-state index is 13.2. The monoisotopic (exact) mass is 727 g/mol. The first-order valence-electron chi connectivity index (χ1n) is 18.4. The van der Waals surface area contributed by atoms with Crippen LogP contribution in [0, 0.1) is 32.8 Å². The Balaban J connectivity index is 0.947. The summed E-state index contributed by atoms with van der Waals surface area (Å²) in [6, 6.07) is 19.4. The minimum absolute atomic E-state index is 0.179. The number of allylic oxidation sites excluding steroid dienone is 2. The molecule has 12 heteroatoms. The van der Waals surface area contributed by atoms with Gasteiger partial charge in [-0.25, -0.2) is 13.1 Å². The van der Waals surface area contributed by atoms with Gasteiger partial charge in [-0.3, -0.25) is 19.8 Å². The van der Waals surface area contributed by atoms with E-state index in [9.17, 15) is 23.3 Å². The van der Waals surface area contributed by atoms with Gasteiger partial charge in [0.15, 0.2) is 0 Å². The highest BCUT2D eigenvalue weighted by Gasteiger charge is 2.57. The molecule has 1 saturated carbocycles. The van der Waals surface area contributed by atoms with Gasteiger partial charge in [0, 0.05) is 69.8 Å². The fourth-order valence-electron chi connectivity index (χ4n) is 8.66. The summed E-state index contributed by atoms with van der Waals surface area (Å²) in [5.74, 6) is 0.149. The number of piperazine rings is 1. The molecule has 3 aromatic carbocycles. The average molecular weight is 728 g/mol. The lowest BCUT2D eigenvalue weighted by Gasteiger charge is -2.39. The van der Waals surface area contributed by atoms with E-state index in [2.05, 4.69) is 71.0 Å². The van der Waals surface area contributed by atoms with E-state index in [0.717, 1.165) is 57.3 Å². The van der Waals surface area contributed by atoms with Crippen molar-refractivity contribution in [2.24, 2.45) is 22.7 Å². The second-order valence-corrected chi connectivity index (χ2v) is 17.2. The Morgan fingerprint density at radius 3 is 2.33 bits per heavy atom. The van der Waals surface area contributed by atoms with Gasteiger partial charge in [0.05, 0.1) is 9.82 Å². The highest BCUT2D eigenvalue weighted by atomic mass is 32.2. The molecule has 1 amide bonds. The highest BCUT2D eigenvalue weighted by molar-refractivity contribution is 7.90. The Morgan fingerprint density at radius 1 is 0.962 bits per heavy atom. The quantitative estimate of drug-likeness (QED) is 0.163. The fourth-order valence-corrected chi connectivity index (χ4v) is 9.65. The minimum Gasteiger partial charge on any atom is -0.381 e. The first-order valence-corrected chi connectivity index (χ1v) is 19.9. The van der Waals surface area contributed by atoms with Crippen LogP contribution in [0.1, 0.15) is 67.9 Å². The standard InChI is InChI=1S/C40H49N5O6S/c1-39(2)31-14-17-40(39,3)35(24-31)34-7-5-4-6-30(34)27-43-18-20-44(21-19-43)32-10-8-29(9-11-32)38(46)42-52(49,50)33-12-13-36(37(25-33)45(47)48)41-26-28-15-22-51-23-16-28/h4-13,24-25,28,31,41H,14-23,26-27H2,1-3H3,(H,42,46)/t31-,40+/m1/s1. The molecule has 11 nitrogen and oxygen atoms in total. The van der Waals surface area contributed by atoms with Gasteiger partial charge < -0.3 is 15.0 Å². The van der Waals surface area contributed by atoms with Crippen molar-refractivity contribution < 1.29 is 22.9 Å². The third kappa shape index (κ3) is 6.95. The van der Waals surface area contributed by atoms with Crippen LogP contribution < -0.4 is 14.9 Å². The predicted octanol–water partition coefficient (Wildman–Crippen LogP) is 6.71. The van der Waals surface area contributed by atoms with Gasteiger partial charge in [-0.1, -0.05) is 51.1 Å². The number of hydrogen-bond acceptors (Lipinski definition) is 9. The van der Waals surface area contributed by atoms with Gasteiger partial charge in [0.1, 0.15) is 5.69 Å². The van der Waals surface area contributed by atoms with Crippen LogP contribution in [0.25, 0.3) is 5.57 Å². The lowest BCUT2D eigenvalue weighted by Crippen LogP contribution is -2.46. The summed E-state index contributed by atoms with van der Waals surface area (Å²) in [7, 11) is -4.37. The van der Waals surface area contributed by atoms with E-state index in [-0.39, 0.29) is 32.7 Å². The van der Waals surface area contributed by atoms with Crippen molar-refractivity contribution in [1.82, 2.24) is 9.62 Å². The van der Waals surface area contributed by atoms with Gasteiger partial charge in [0.25, 0.3) is 21.6 Å². The Kier molecular flexibility index (Phi) is 9.92. The molecule has 0 radical (unpaired) electrons. The second kappa shape index (κ2) is 14.3. The van der Waals surface area contributed by atoms with Gasteiger partial charge in [-0.05, 0) is 101 Å². The molecule has 2 atom stereocenters. The van der Waals surface area contributed by atoms with E-state index in [1.54, 1.807) is 12.1 Å². The maximum atomic E-state index is 13.2. The molecule has 0 spiro atoms. The number of carbonyl (C=O) groups is 1. The number of amides is 1. The molecule has 2 saturated heterocycles. The summed E-state index contributed by atoms with van der Waals surface area (Å²) in [5, 5.41) is 14.9. The largest absolute Gasteiger partial charge is 0.381 e. The van der Waals surface area contributed by atoms with Crippen LogP contribution in [0.15, 0.2) is 77.7 Å². The van der Waals surface area contributed by atoms with Crippen LogP contribution in [-0.2, 0) is 21.3 Å². The van der Waals surface area contributed by atoms with Gasteiger partial charge in [-0.2, -0.15) is 0 Å². The Bertz CT molecular complexity index is 1970. The molecule has 2 aliphatic carbocycles. The molecular formula is C40H49N5O6S. The minimum atomic E-state index is -4.37. The Labute approximate surface area is 306 Å². The number of carbonyl (C=O) groups excluding carboxylic acids is 1. The van der Waals surface area contributed by atoms with Crippen molar-refractivity contribution in [3.8, 4) is 0 Å². The SMILES string of the molecule is CC1(C)[C@H]2C=C(c3ccccc3CN3CCN(c4ccc(C(=O)NS(=O)(=O)c5ccc(NCC6CCOCC6)c([N+](=O)[O-])c5)cc4)CC3)[C@]1(C)CC2. The topological polar surface area (TPSA) is 134 Å². The molecule has 0 aromatic heterocycles. The van der Waals surface area contributed by atoms with Crippen LogP contribution in [0.5, 0.6) is 0 Å². The molecule has 4 aliphatic rings. The summed E-state index contributed by atoms with van der Waals surface area (Å²) in [6.07, 6.45) is 6.77. The molecule has 0 unspecified atom stereocenters. The number of benzene rings is 3. The lowest BCUT2D eigenvalue weighted by molar-refractivity contribution is -0.384. The maximum Gasteiger partial charge on any atom is 0.293 e. The number of nitrogens with one attached hydrogen (secondary N) is 2. The summed E-state index contributed by atoms with van der Waals surface area (Å²) < 4.78 is 33.8. The third-order valence-electron chi connectivity index (χ3n) is 12.5. The molecule has 2 aliphatic heterocycles. The first-order chi connectivity index (χ1) is 24.9. The number of anilines is 2. The van der Waals surface area contributed by atoms with Crippen LogP contribution in [0.3, 0.4) is 0 Å². The molecule has 52 heavy (non-hydrogen) atoms. The van der Waals surface area contributed by atoms with Crippen LogP contribution in [0.2, 0.25) is 0 Å². The summed E-state index contributed by atoms with van der Waals surface area (Å²) in [6.45, 7) is 13.5. The molecule has 2 N–H and O–H groups in total. The van der Waals surface area contributed by atoms with Gasteiger partial charge >= 0.3 is 0 Å². The number of ether oxygens (including phenoxy) is 1. The van der Waals surface area contributed by atoms with Crippen LogP contribution in [-0.4, -0.2) is 70.1 Å². The normalized spacial score (nSPS) is 23.3. The van der Waals surface area contributed by atoms with E-state index >= 15 is 0 Å². The number of nitrogens with zero attached hydrogens (tertiary/aromatic N) is 3. The summed E-state index contributed by atoms with van der Waals surface area (Å²) in [4.78, 5) is 28.7. The third-order valence-corrected chi connectivity index (χ3v) is 13.8. The molecule has 3 fully saturated rings. The number of rotatable bonds is 11. The van der Waals surface area contributed by atoms with E-state index in [1.807, 2.05) is 12.1 Å². The molecule has 2 bridgehead atoms. The van der Waals surface area contributed by atoms with Crippen molar-refractivity contribution in [1.29, 1.82) is 0 Å². The van der Waals surface area contributed by atoms with E-state index in [4.69, 9.17) is 4.74 Å². The number of fused-ring (bicyclic) bond motifs is 2. The van der Waals surface area contributed by atoms with Crippen LogP contribution in [0.4, 0.5) is 17.1 Å². The smallest absolute Gasteiger partial charge is 0.293 e. The van der Waals surface area contributed by atoms with Crippen molar-refractivity contribution >= 4 is 38.6 Å². The van der Waals surface area contributed by atoms with Crippen LogP contribution >= 0.6 is 0 Å². The second-order valence-electron chi connectivity index (χ2n) is 15.6. The molecular weight excluding hydrogens is 679 g/mol. The summed E-state index contributed by atoms with van der Waals surface area (Å²) >= 11 is 0. The zero-order chi connectivity index (χ0) is 36.7. The Hall–Kier alpha value is -4.26. The fraction of sp³-hybridized carbons (Fsp3) is 0.475. The Morgan fingerprint density at radius 2 is 1.67 bits per heavy atom. The van der Waals surface area contributed by atoms with Crippen molar-refractivity contribution in [3.05, 3.63) is 99.6 Å².